The van der Waals surface area contributed by atoms with Crippen LogP contribution in [0.2, 0.25) is 0 Å². The van der Waals surface area contributed by atoms with Gasteiger partial charge in [-0.2, -0.15) is 0 Å². The molecular formula is C16H14N2O3. The number of hydrogen-bond acceptors (Lipinski definition) is 4. The number of terminal acetylenes is 1. The Morgan fingerprint density at radius 1 is 1.33 bits per heavy atom. The number of anilines is 1. The predicted molar refractivity (Wildman–Crippen MR) is 78.9 cm³/mol. The van der Waals surface area contributed by atoms with Crippen molar-refractivity contribution < 1.29 is 14.6 Å². The summed E-state index contributed by atoms with van der Waals surface area (Å²) in [6.07, 6.45) is 8.15. The second-order valence-corrected chi connectivity index (χ2v) is 4.16. The number of ether oxygens (including phenoxy) is 1. The molecule has 2 aromatic rings. The van der Waals surface area contributed by atoms with Gasteiger partial charge in [0.25, 0.3) is 5.91 Å². The molecule has 0 saturated heterocycles. The van der Waals surface area contributed by atoms with Crippen LogP contribution in [0.15, 0.2) is 42.7 Å². The molecule has 2 rings (SSSR count). The lowest BCUT2D eigenvalue weighted by Crippen LogP contribution is -2.13. The molecule has 0 aliphatic carbocycles. The molecule has 5 nitrogen and oxygen atoms in total. The van der Waals surface area contributed by atoms with Gasteiger partial charge in [0.15, 0.2) is 0 Å². The molecule has 1 aromatic heterocycles. The van der Waals surface area contributed by atoms with E-state index in [4.69, 9.17) is 11.2 Å². The van der Waals surface area contributed by atoms with E-state index in [1.165, 1.54) is 6.20 Å². The van der Waals surface area contributed by atoms with Crippen molar-refractivity contribution in [3.63, 3.8) is 0 Å². The van der Waals surface area contributed by atoms with E-state index in [-0.39, 0.29) is 19.1 Å². The van der Waals surface area contributed by atoms with Gasteiger partial charge in [-0.25, -0.2) is 0 Å². The zero-order chi connectivity index (χ0) is 15.1. The number of nitrogens with zero attached hydrogens (tertiary/aromatic N) is 1. The fourth-order valence-electron chi connectivity index (χ4n) is 1.70. The number of rotatable bonds is 5. The molecule has 106 valence electrons. The van der Waals surface area contributed by atoms with Crippen LogP contribution in [0, 0.1) is 12.3 Å². The van der Waals surface area contributed by atoms with Crippen molar-refractivity contribution in [3.8, 4) is 18.1 Å². The van der Waals surface area contributed by atoms with Crippen molar-refractivity contribution in [3.05, 3.63) is 53.9 Å². The van der Waals surface area contributed by atoms with E-state index in [1.54, 1.807) is 36.5 Å². The maximum absolute atomic E-state index is 12.1. The van der Waals surface area contributed by atoms with Crippen LogP contribution in [0.5, 0.6) is 5.75 Å². The van der Waals surface area contributed by atoms with Crippen molar-refractivity contribution in [2.45, 2.75) is 6.61 Å². The normalized spacial score (nSPS) is 9.71. The highest BCUT2D eigenvalue weighted by atomic mass is 16.5. The van der Waals surface area contributed by atoms with Gasteiger partial charge < -0.3 is 15.2 Å². The van der Waals surface area contributed by atoms with Crippen LogP contribution in [-0.2, 0) is 6.61 Å². The molecule has 2 N–H and O–H groups in total. The summed E-state index contributed by atoms with van der Waals surface area (Å²) in [5.74, 6) is 2.68. The maximum Gasteiger partial charge on any atom is 0.255 e. The lowest BCUT2D eigenvalue weighted by Gasteiger charge is -2.09. The van der Waals surface area contributed by atoms with Crippen LogP contribution in [0.1, 0.15) is 15.9 Å². The maximum atomic E-state index is 12.1. The van der Waals surface area contributed by atoms with Crippen molar-refractivity contribution >= 4 is 11.6 Å². The molecular weight excluding hydrogens is 268 g/mol. The van der Waals surface area contributed by atoms with Gasteiger partial charge in [-0.05, 0) is 30.3 Å². The Labute approximate surface area is 122 Å². The third kappa shape index (κ3) is 3.81. The summed E-state index contributed by atoms with van der Waals surface area (Å²) < 4.78 is 5.23. The van der Waals surface area contributed by atoms with Crippen LogP contribution in [0.4, 0.5) is 5.69 Å². The number of aromatic nitrogens is 1. The second kappa shape index (κ2) is 7.08. The van der Waals surface area contributed by atoms with Crippen LogP contribution in [0.25, 0.3) is 0 Å². The average molecular weight is 282 g/mol. The molecule has 0 aliphatic heterocycles. The van der Waals surface area contributed by atoms with E-state index >= 15 is 0 Å². The summed E-state index contributed by atoms with van der Waals surface area (Å²) in [5, 5.41) is 11.9. The number of hydrogen-bond donors (Lipinski definition) is 2. The Bertz CT molecular complexity index is 660. The molecule has 1 amide bonds. The molecule has 0 aliphatic rings. The van der Waals surface area contributed by atoms with E-state index in [2.05, 4.69) is 16.2 Å². The van der Waals surface area contributed by atoms with Gasteiger partial charge in [0, 0.05) is 17.3 Å². The van der Waals surface area contributed by atoms with Crippen molar-refractivity contribution in [2.24, 2.45) is 0 Å². The summed E-state index contributed by atoms with van der Waals surface area (Å²) >= 11 is 0. The molecule has 5 heteroatoms. The summed E-state index contributed by atoms with van der Waals surface area (Å²) in [5.41, 5.74) is 1.56. The van der Waals surface area contributed by atoms with E-state index in [0.717, 1.165) is 0 Å². The number of amides is 1. The number of benzene rings is 1. The van der Waals surface area contributed by atoms with Crippen LogP contribution in [0.3, 0.4) is 0 Å². The van der Waals surface area contributed by atoms with Crippen molar-refractivity contribution in [2.75, 3.05) is 11.9 Å². The van der Waals surface area contributed by atoms with Gasteiger partial charge in [0.05, 0.1) is 18.5 Å². The third-order valence-corrected chi connectivity index (χ3v) is 2.77. The zero-order valence-electron chi connectivity index (χ0n) is 11.2. The number of carbonyl (C=O) groups excluding carboxylic acids is 1. The molecule has 0 spiro atoms. The predicted octanol–water partition coefficient (Wildman–Crippen LogP) is 1.84. The molecule has 0 bridgehead atoms. The van der Waals surface area contributed by atoms with Crippen molar-refractivity contribution in [1.82, 2.24) is 4.98 Å². The number of carbonyl (C=O) groups is 1. The Morgan fingerprint density at radius 2 is 2.10 bits per heavy atom. The van der Waals surface area contributed by atoms with Gasteiger partial charge in [-0.1, -0.05) is 5.92 Å². The Morgan fingerprint density at radius 3 is 2.76 bits per heavy atom. The third-order valence-electron chi connectivity index (χ3n) is 2.77. The first-order valence-corrected chi connectivity index (χ1v) is 6.26. The minimum absolute atomic E-state index is 0.170. The van der Waals surface area contributed by atoms with Gasteiger partial charge in [-0.3, -0.25) is 9.78 Å². The molecule has 0 saturated carbocycles. The first kappa shape index (κ1) is 14.6. The van der Waals surface area contributed by atoms with Crippen LogP contribution >= 0.6 is 0 Å². The van der Waals surface area contributed by atoms with E-state index in [1.807, 2.05) is 0 Å². The largest absolute Gasteiger partial charge is 0.481 e. The molecule has 0 radical (unpaired) electrons. The molecule has 0 unspecified atom stereocenters. The monoisotopic (exact) mass is 282 g/mol. The lowest BCUT2D eigenvalue weighted by molar-refractivity contribution is 0.102. The van der Waals surface area contributed by atoms with Gasteiger partial charge >= 0.3 is 0 Å². The molecule has 1 aromatic carbocycles. The Kier molecular flexibility index (Phi) is 4.91. The van der Waals surface area contributed by atoms with Crippen molar-refractivity contribution in [1.29, 1.82) is 0 Å². The van der Waals surface area contributed by atoms with Gasteiger partial charge in [0.1, 0.15) is 12.4 Å². The number of nitrogens with one attached hydrogen (secondary N) is 1. The summed E-state index contributed by atoms with van der Waals surface area (Å²) in [6, 6.07) is 8.25. The van der Waals surface area contributed by atoms with E-state index < -0.39 is 0 Å². The van der Waals surface area contributed by atoms with Gasteiger partial charge in [-0.15, -0.1) is 6.42 Å². The van der Waals surface area contributed by atoms with E-state index in [0.29, 0.717) is 22.6 Å². The highest BCUT2D eigenvalue weighted by Crippen LogP contribution is 2.16. The van der Waals surface area contributed by atoms with Crippen LogP contribution in [-0.4, -0.2) is 22.6 Å². The number of aliphatic hydroxyl groups is 1. The molecule has 0 fully saturated rings. The first-order valence-electron chi connectivity index (χ1n) is 6.26. The summed E-state index contributed by atoms with van der Waals surface area (Å²) in [6.45, 7) is 0.0120. The van der Waals surface area contributed by atoms with E-state index in [9.17, 15) is 9.90 Å². The fraction of sp³-hybridized carbons (Fsp3) is 0.125. The molecule has 1 heterocycles. The lowest BCUT2D eigenvalue weighted by atomic mass is 10.2. The number of aliphatic hydroxyl groups excluding tert-OH is 1. The van der Waals surface area contributed by atoms with Crippen LogP contribution < -0.4 is 10.1 Å². The second-order valence-electron chi connectivity index (χ2n) is 4.16. The standard InChI is InChI=1S/C16H14N2O3/c1-2-9-21-14-5-3-12(4-6-14)16(20)18-15-10-17-8-7-13(15)11-19/h1,3-8,10,19H,9,11H2,(H,18,20). The SMILES string of the molecule is C#CCOc1ccc(C(=O)Nc2cnccc2CO)cc1. The topological polar surface area (TPSA) is 71.5 Å². The minimum Gasteiger partial charge on any atom is -0.481 e. The zero-order valence-corrected chi connectivity index (χ0v) is 11.2. The minimum atomic E-state index is -0.291. The molecule has 21 heavy (non-hydrogen) atoms. The first-order chi connectivity index (χ1) is 10.2. The quantitative estimate of drug-likeness (QED) is 0.821. The Hall–Kier alpha value is -2.84. The summed E-state index contributed by atoms with van der Waals surface area (Å²) in [4.78, 5) is 16.0. The summed E-state index contributed by atoms with van der Waals surface area (Å²) in [7, 11) is 0. The highest BCUT2D eigenvalue weighted by molar-refractivity contribution is 6.04. The smallest absolute Gasteiger partial charge is 0.255 e. The molecule has 0 atom stereocenters. The highest BCUT2D eigenvalue weighted by Gasteiger charge is 2.09. The Balaban J connectivity index is 2.08. The fourth-order valence-corrected chi connectivity index (χ4v) is 1.70. The number of pyridine rings is 1. The van der Waals surface area contributed by atoms with Gasteiger partial charge in [0.2, 0.25) is 0 Å². The average Bonchev–Trinajstić information content (AvgIpc) is 2.54.